The van der Waals surface area contributed by atoms with Crippen LogP contribution in [0.3, 0.4) is 0 Å². The average Bonchev–Trinajstić information content (AvgIpc) is 2.85. The van der Waals surface area contributed by atoms with Crippen LogP contribution < -0.4 is 33.2 Å². The maximum atomic E-state index is 13.4. The molecule has 0 fully saturated rings. The topological polar surface area (TPSA) is 235 Å². The zero-order chi connectivity index (χ0) is 30.4. The molecule has 0 bridgehead atoms. The van der Waals surface area contributed by atoms with E-state index in [9.17, 15) is 29.4 Å². The van der Waals surface area contributed by atoms with E-state index in [1.807, 2.05) is 27.7 Å². The maximum absolute atomic E-state index is 13.4. The molecule has 0 saturated carbocycles. The first kappa shape index (κ1) is 34.2. The molecule has 13 nitrogen and oxygen atoms in total. The summed E-state index contributed by atoms with van der Waals surface area (Å²) in [5.74, 6) is -3.02. The third-order valence-corrected chi connectivity index (χ3v) is 5.98. The van der Waals surface area contributed by atoms with E-state index in [0.717, 1.165) is 0 Å². The van der Waals surface area contributed by atoms with Crippen LogP contribution in [0.1, 0.15) is 58.9 Å². The molecule has 0 aliphatic carbocycles. The molecular weight excluding hydrogens is 518 g/mol. The van der Waals surface area contributed by atoms with Crippen molar-refractivity contribution in [3.05, 3.63) is 29.8 Å². The Labute approximate surface area is 235 Å². The van der Waals surface area contributed by atoms with Crippen molar-refractivity contribution in [3.8, 4) is 5.75 Å². The van der Waals surface area contributed by atoms with Crippen molar-refractivity contribution in [2.24, 2.45) is 34.0 Å². The molecule has 0 aliphatic rings. The number of carboxylic acids is 1. The minimum Gasteiger partial charge on any atom is -0.508 e. The van der Waals surface area contributed by atoms with Crippen LogP contribution in [0.2, 0.25) is 0 Å². The highest BCUT2D eigenvalue weighted by Crippen LogP contribution is 2.13. The lowest BCUT2D eigenvalue weighted by atomic mass is 9.99. The van der Waals surface area contributed by atoms with Crippen LogP contribution in [0.15, 0.2) is 29.3 Å². The standard InChI is InChI=1S/C27H45N7O6/c1-15(2)12-20(32-23(36)19(28)6-5-11-31-27(29)30)24(37)33-21(14-17-7-9-18(35)10-8-17)25(38)34-22(26(39)40)13-16(3)4/h7-10,15-16,19-22,35H,5-6,11-14,28H2,1-4H3,(H,32,36)(H,33,37)(H,34,38)(H,39,40)(H4,29,30,31). The molecular formula is C27H45N7O6. The Morgan fingerprint density at radius 2 is 1.32 bits per heavy atom. The van der Waals surface area contributed by atoms with E-state index in [1.165, 1.54) is 12.1 Å². The van der Waals surface area contributed by atoms with Crippen LogP contribution in [0.25, 0.3) is 0 Å². The number of carboxylic acid groups (broad SMARTS) is 1. The normalized spacial score (nSPS) is 14.1. The summed E-state index contributed by atoms with van der Waals surface area (Å²) in [4.78, 5) is 55.0. The Morgan fingerprint density at radius 1 is 0.825 bits per heavy atom. The number of carbonyl (C=O) groups is 4. The number of guanidine groups is 1. The number of benzene rings is 1. The summed E-state index contributed by atoms with van der Waals surface area (Å²) in [6, 6.07) is 1.90. The molecule has 1 aromatic carbocycles. The fourth-order valence-electron chi connectivity index (χ4n) is 3.95. The number of nitrogens with zero attached hydrogens (tertiary/aromatic N) is 1. The highest BCUT2D eigenvalue weighted by molar-refractivity contribution is 5.94. The molecule has 1 aromatic rings. The summed E-state index contributed by atoms with van der Waals surface area (Å²) in [5.41, 5.74) is 17.2. The van der Waals surface area contributed by atoms with E-state index < -0.39 is 47.9 Å². The number of hydrogen-bond donors (Lipinski definition) is 8. The number of phenolic OH excluding ortho intramolecular Hbond substituents is 1. The second kappa shape index (κ2) is 17.0. The Balaban J connectivity index is 3.09. The van der Waals surface area contributed by atoms with Gasteiger partial charge in [-0.05, 0) is 55.2 Å². The van der Waals surface area contributed by atoms with Gasteiger partial charge >= 0.3 is 5.97 Å². The van der Waals surface area contributed by atoms with Crippen molar-refractivity contribution in [3.63, 3.8) is 0 Å². The van der Waals surface area contributed by atoms with Gasteiger partial charge < -0.3 is 43.4 Å². The van der Waals surface area contributed by atoms with E-state index in [4.69, 9.17) is 17.2 Å². The van der Waals surface area contributed by atoms with Crippen molar-refractivity contribution in [1.82, 2.24) is 16.0 Å². The van der Waals surface area contributed by atoms with E-state index >= 15 is 0 Å². The Morgan fingerprint density at radius 3 is 1.85 bits per heavy atom. The van der Waals surface area contributed by atoms with Crippen LogP contribution in [0, 0.1) is 11.8 Å². The number of hydrogen-bond acceptors (Lipinski definition) is 7. The van der Waals surface area contributed by atoms with Gasteiger partial charge in [0.05, 0.1) is 6.04 Å². The number of phenols is 1. The Kier molecular flexibility index (Phi) is 14.5. The Bertz CT molecular complexity index is 1010. The summed E-state index contributed by atoms with van der Waals surface area (Å²) in [6.07, 6.45) is 1.25. The predicted molar refractivity (Wildman–Crippen MR) is 152 cm³/mol. The van der Waals surface area contributed by atoms with Gasteiger partial charge in [-0.25, -0.2) is 4.79 Å². The number of rotatable bonds is 17. The lowest BCUT2D eigenvalue weighted by Crippen LogP contribution is -2.58. The van der Waals surface area contributed by atoms with E-state index in [2.05, 4.69) is 20.9 Å². The van der Waals surface area contributed by atoms with Gasteiger partial charge in [0, 0.05) is 13.0 Å². The molecule has 4 atom stereocenters. The van der Waals surface area contributed by atoms with Gasteiger partial charge in [-0.3, -0.25) is 19.4 Å². The molecule has 4 unspecified atom stereocenters. The SMILES string of the molecule is CC(C)CC(NC(=O)C(Cc1ccc(O)cc1)NC(=O)C(CC(C)C)NC(=O)C(N)CCCN=C(N)N)C(=O)O. The number of aliphatic carboxylic acids is 1. The van der Waals surface area contributed by atoms with Gasteiger partial charge in [0.15, 0.2) is 5.96 Å². The molecule has 11 N–H and O–H groups in total. The number of amides is 3. The zero-order valence-electron chi connectivity index (χ0n) is 23.7. The lowest BCUT2D eigenvalue weighted by Gasteiger charge is -2.26. The van der Waals surface area contributed by atoms with Gasteiger partial charge in [0.2, 0.25) is 17.7 Å². The summed E-state index contributed by atoms with van der Waals surface area (Å²) in [6.45, 7) is 7.74. The van der Waals surface area contributed by atoms with Gasteiger partial charge in [0.1, 0.15) is 23.9 Å². The molecule has 0 aliphatic heterocycles. The largest absolute Gasteiger partial charge is 0.508 e. The van der Waals surface area contributed by atoms with E-state index in [-0.39, 0.29) is 49.2 Å². The number of aliphatic imine (C=N–C) groups is 1. The monoisotopic (exact) mass is 563 g/mol. The minimum absolute atomic E-state index is 0.000786. The van der Waals surface area contributed by atoms with Crippen molar-refractivity contribution in [1.29, 1.82) is 0 Å². The van der Waals surface area contributed by atoms with Crippen LogP contribution in [-0.4, -0.2) is 70.6 Å². The number of aromatic hydroxyl groups is 1. The molecule has 224 valence electrons. The first-order valence-corrected chi connectivity index (χ1v) is 13.4. The fraction of sp³-hybridized carbons (Fsp3) is 0.593. The van der Waals surface area contributed by atoms with Crippen LogP contribution in [0.5, 0.6) is 5.75 Å². The van der Waals surface area contributed by atoms with Gasteiger partial charge in [-0.2, -0.15) is 0 Å². The van der Waals surface area contributed by atoms with Crippen LogP contribution in [-0.2, 0) is 25.6 Å². The third-order valence-electron chi connectivity index (χ3n) is 5.98. The average molecular weight is 564 g/mol. The molecule has 1 rings (SSSR count). The quantitative estimate of drug-likeness (QED) is 0.0719. The molecule has 0 aromatic heterocycles. The first-order chi connectivity index (χ1) is 18.7. The summed E-state index contributed by atoms with van der Waals surface area (Å²) in [5, 5.41) is 27.1. The minimum atomic E-state index is -1.18. The molecule has 3 amide bonds. The maximum Gasteiger partial charge on any atom is 0.326 e. The summed E-state index contributed by atoms with van der Waals surface area (Å²) < 4.78 is 0. The third kappa shape index (κ3) is 13.3. The zero-order valence-corrected chi connectivity index (χ0v) is 23.7. The highest BCUT2D eigenvalue weighted by Gasteiger charge is 2.31. The predicted octanol–water partition coefficient (Wildman–Crippen LogP) is -0.0532. The smallest absolute Gasteiger partial charge is 0.326 e. The molecule has 0 spiro atoms. The Hall–Kier alpha value is -3.87. The number of nitrogens with one attached hydrogen (secondary N) is 3. The highest BCUT2D eigenvalue weighted by atomic mass is 16.4. The van der Waals surface area contributed by atoms with Crippen LogP contribution >= 0.6 is 0 Å². The van der Waals surface area contributed by atoms with Crippen molar-refractivity contribution in [2.75, 3.05) is 6.54 Å². The molecule has 40 heavy (non-hydrogen) atoms. The molecule has 13 heteroatoms. The molecule has 0 saturated heterocycles. The van der Waals surface area contributed by atoms with Crippen molar-refractivity contribution in [2.45, 2.75) is 84.0 Å². The van der Waals surface area contributed by atoms with Gasteiger partial charge in [0.25, 0.3) is 0 Å². The van der Waals surface area contributed by atoms with E-state index in [1.54, 1.807) is 12.1 Å². The first-order valence-electron chi connectivity index (χ1n) is 13.4. The number of carbonyl (C=O) groups excluding carboxylic acids is 3. The van der Waals surface area contributed by atoms with Gasteiger partial charge in [-0.1, -0.05) is 39.8 Å². The molecule has 0 heterocycles. The van der Waals surface area contributed by atoms with Crippen molar-refractivity contribution >= 4 is 29.7 Å². The van der Waals surface area contributed by atoms with Gasteiger partial charge in [-0.15, -0.1) is 0 Å². The summed E-state index contributed by atoms with van der Waals surface area (Å²) in [7, 11) is 0. The second-order valence-electron chi connectivity index (χ2n) is 10.7. The lowest BCUT2D eigenvalue weighted by molar-refractivity contribution is -0.142. The summed E-state index contributed by atoms with van der Waals surface area (Å²) >= 11 is 0. The number of nitrogens with two attached hydrogens (primary N) is 3. The van der Waals surface area contributed by atoms with Crippen LogP contribution in [0.4, 0.5) is 0 Å². The molecule has 0 radical (unpaired) electrons. The van der Waals surface area contributed by atoms with Crippen molar-refractivity contribution < 1.29 is 29.4 Å². The van der Waals surface area contributed by atoms with E-state index in [0.29, 0.717) is 18.5 Å². The fourth-order valence-corrected chi connectivity index (χ4v) is 3.95. The second-order valence-corrected chi connectivity index (χ2v) is 10.7.